The fourth-order valence-electron chi connectivity index (χ4n) is 5.36. The van der Waals surface area contributed by atoms with Crippen LogP contribution in [0.1, 0.15) is 0 Å². The van der Waals surface area contributed by atoms with Crippen LogP contribution < -0.4 is 10.6 Å². The largest absolute Gasteiger partial charge is 0.323 e. The van der Waals surface area contributed by atoms with Crippen molar-refractivity contribution in [3.63, 3.8) is 0 Å². The molecule has 6 aromatic carbocycles. The maximum atomic E-state index is 12.6. The van der Waals surface area contributed by atoms with E-state index in [1.165, 1.54) is 84.9 Å². The van der Waals surface area contributed by atoms with Crippen LogP contribution in [0, 0.1) is 0 Å². The summed E-state index contributed by atoms with van der Waals surface area (Å²) in [7, 11) is -19.3. The Morgan fingerprint density at radius 1 is 0.393 bits per heavy atom. The number of anilines is 2. The average molecular weight is 841 g/mol. The molecule has 0 heterocycles. The van der Waals surface area contributed by atoms with E-state index in [0.29, 0.717) is 11.4 Å². The van der Waals surface area contributed by atoms with Gasteiger partial charge in [-0.1, -0.05) is 24.3 Å². The molecule has 0 unspecified atom stereocenters. The number of hydrogen-bond acceptors (Lipinski definition) is 13. The Hall–Kier alpha value is -6.05. The average Bonchev–Trinajstić information content (AvgIpc) is 3.11. The number of carbonyl (C=O) groups is 1. The first kappa shape index (κ1) is 39.6. The predicted octanol–water partition coefficient (Wildman–Crippen LogP) is 7.45. The van der Waals surface area contributed by atoms with Crippen LogP contribution >= 0.6 is 0 Å². The van der Waals surface area contributed by atoms with E-state index in [1.54, 1.807) is 0 Å². The van der Waals surface area contributed by atoms with E-state index in [1.807, 2.05) is 0 Å². The van der Waals surface area contributed by atoms with Gasteiger partial charge in [-0.25, -0.2) is 4.79 Å². The molecular weight excluding hydrogens is 817 g/mol. The molecule has 2 amide bonds. The molecule has 0 aromatic heterocycles. The van der Waals surface area contributed by atoms with Crippen LogP contribution in [0.25, 0.3) is 21.5 Å². The Bertz CT molecular complexity index is 2880. The van der Waals surface area contributed by atoms with Gasteiger partial charge in [0.25, 0.3) is 40.5 Å². The van der Waals surface area contributed by atoms with E-state index in [0.717, 1.165) is 24.3 Å². The molecule has 0 aliphatic rings. The van der Waals surface area contributed by atoms with Gasteiger partial charge in [0.05, 0.1) is 22.7 Å². The Balaban J connectivity index is 1.13. The summed E-state index contributed by atoms with van der Waals surface area (Å²) >= 11 is 0. The second-order valence-corrected chi connectivity index (χ2v) is 17.1. The third kappa shape index (κ3) is 9.07. The highest BCUT2D eigenvalue weighted by atomic mass is 32.2. The van der Waals surface area contributed by atoms with Gasteiger partial charge in [0.1, 0.15) is 19.6 Å². The fourth-order valence-corrected chi connectivity index (χ4v) is 8.20. The summed E-state index contributed by atoms with van der Waals surface area (Å²) in [5, 5.41) is 20.3. The van der Waals surface area contributed by atoms with Gasteiger partial charge in [0.15, 0.2) is 0 Å². The molecule has 0 atom stereocenters. The second kappa shape index (κ2) is 14.9. The molecule has 6 N–H and O–H groups in total. The van der Waals surface area contributed by atoms with Crippen molar-refractivity contribution in [3.8, 4) is 0 Å². The minimum absolute atomic E-state index is 0.162. The van der Waals surface area contributed by atoms with Crippen molar-refractivity contribution in [1.82, 2.24) is 0 Å². The molecular formula is C33H24N6O13S4. The molecule has 23 heteroatoms. The van der Waals surface area contributed by atoms with Gasteiger partial charge in [-0.2, -0.15) is 54.1 Å². The third-order valence-electron chi connectivity index (χ3n) is 7.73. The number of rotatable bonds is 10. The Labute approximate surface area is 317 Å². The highest BCUT2D eigenvalue weighted by Crippen LogP contribution is 2.35. The molecule has 19 nitrogen and oxygen atoms in total. The molecule has 0 aliphatic carbocycles. The summed E-state index contributed by atoms with van der Waals surface area (Å²) in [6.07, 6.45) is 0. The number of benzene rings is 6. The van der Waals surface area contributed by atoms with Crippen LogP contribution in [0.2, 0.25) is 0 Å². The van der Waals surface area contributed by atoms with Crippen LogP contribution in [0.3, 0.4) is 0 Å². The summed E-state index contributed by atoms with van der Waals surface area (Å²) < 4.78 is 134. The SMILES string of the molecule is O=C(Nc1ccc(N=Nc2cc(S(=O)(=O)O)c3cccc(S(=O)(=O)O)c3c2)cc1)Nc1ccc(N=Nc2cc(S(=O)(=O)O)c3cccc(S(=O)(=O)O)c3c2)cc1. The van der Waals surface area contributed by atoms with Gasteiger partial charge in [0, 0.05) is 32.9 Å². The summed E-state index contributed by atoms with van der Waals surface area (Å²) in [5.41, 5.74) is 0.777. The lowest BCUT2D eigenvalue weighted by Crippen LogP contribution is -2.19. The summed E-state index contributed by atoms with van der Waals surface area (Å²) in [5.74, 6) is 0. The third-order valence-corrected chi connectivity index (χ3v) is 11.3. The molecule has 288 valence electrons. The first-order chi connectivity index (χ1) is 26.2. The number of carbonyl (C=O) groups excluding carboxylic acids is 1. The summed E-state index contributed by atoms with van der Waals surface area (Å²) in [4.78, 5) is 10.1. The maximum absolute atomic E-state index is 12.6. The van der Waals surface area contributed by atoms with E-state index < -0.39 is 66.1 Å². The van der Waals surface area contributed by atoms with Gasteiger partial charge in [-0.05, 0) is 84.9 Å². The van der Waals surface area contributed by atoms with Crippen molar-refractivity contribution in [1.29, 1.82) is 0 Å². The van der Waals surface area contributed by atoms with Crippen LogP contribution in [0.15, 0.2) is 149 Å². The zero-order valence-corrected chi connectivity index (χ0v) is 31.0. The lowest BCUT2D eigenvalue weighted by molar-refractivity contribution is 0.262. The van der Waals surface area contributed by atoms with Gasteiger partial charge < -0.3 is 10.6 Å². The van der Waals surface area contributed by atoms with Crippen molar-refractivity contribution in [3.05, 3.63) is 109 Å². The first-order valence-corrected chi connectivity index (χ1v) is 21.1. The molecule has 0 bridgehead atoms. The van der Waals surface area contributed by atoms with Crippen molar-refractivity contribution in [2.45, 2.75) is 19.6 Å². The highest BCUT2D eigenvalue weighted by molar-refractivity contribution is 7.87. The minimum Gasteiger partial charge on any atom is -0.308 e. The van der Waals surface area contributed by atoms with Gasteiger partial charge in [-0.15, -0.1) is 0 Å². The molecule has 0 aliphatic heterocycles. The van der Waals surface area contributed by atoms with Crippen molar-refractivity contribution in [2.24, 2.45) is 20.5 Å². The monoisotopic (exact) mass is 840 g/mol. The minimum atomic E-state index is -4.85. The smallest absolute Gasteiger partial charge is 0.308 e. The Morgan fingerprint density at radius 3 is 1.04 bits per heavy atom. The zero-order chi connectivity index (χ0) is 40.6. The van der Waals surface area contributed by atoms with Crippen LogP contribution in [0.5, 0.6) is 0 Å². The standard InChI is InChI=1S/C33H24N6O13S4/c40-33(34-19-7-11-21(12-8-19)36-38-23-15-27-25(31(17-23)55(47,48)49)3-1-5-29(27)53(41,42)43)35-20-9-13-22(14-10-20)37-39-24-16-28-26(32(18-24)56(50,51)52)4-2-6-30(28)54(44,45)46/h1-18H,(H2,34,35,40)(H,41,42,43)(H,44,45,46)(H,47,48,49)(H,50,51,52). The fraction of sp³-hybridized carbons (Fsp3) is 0. The number of azo groups is 2. The number of nitrogens with one attached hydrogen (secondary N) is 2. The molecule has 6 rings (SSSR count). The van der Waals surface area contributed by atoms with Crippen molar-refractivity contribution >= 4 is 102 Å². The van der Waals surface area contributed by atoms with Crippen LogP contribution in [-0.2, 0) is 40.5 Å². The molecule has 6 aromatic rings. The van der Waals surface area contributed by atoms with Crippen molar-refractivity contribution in [2.75, 3.05) is 10.6 Å². The molecule has 0 spiro atoms. The highest BCUT2D eigenvalue weighted by Gasteiger charge is 2.23. The number of nitrogens with zero attached hydrogens (tertiary/aromatic N) is 4. The molecule has 0 saturated heterocycles. The predicted molar refractivity (Wildman–Crippen MR) is 201 cm³/mol. The Morgan fingerprint density at radius 2 is 0.714 bits per heavy atom. The normalized spacial score (nSPS) is 12.8. The molecule has 0 radical (unpaired) electrons. The second-order valence-electron chi connectivity index (χ2n) is 11.6. The van der Waals surface area contributed by atoms with E-state index in [2.05, 4.69) is 31.1 Å². The molecule has 56 heavy (non-hydrogen) atoms. The van der Waals surface area contributed by atoms with E-state index >= 15 is 0 Å². The van der Waals surface area contributed by atoms with E-state index in [9.17, 15) is 56.7 Å². The van der Waals surface area contributed by atoms with E-state index in [4.69, 9.17) is 0 Å². The van der Waals surface area contributed by atoms with Gasteiger partial charge >= 0.3 is 6.03 Å². The summed E-state index contributed by atoms with van der Waals surface area (Å²) in [6, 6.07) is 22.3. The number of fused-ring (bicyclic) bond motifs is 2. The topological polar surface area (TPSA) is 308 Å². The number of amides is 2. The van der Waals surface area contributed by atoms with Crippen molar-refractivity contribution < 1.29 is 56.7 Å². The summed E-state index contributed by atoms with van der Waals surface area (Å²) in [6.45, 7) is 0. The Kier molecular flexibility index (Phi) is 10.5. The van der Waals surface area contributed by atoms with Gasteiger partial charge in [-0.3, -0.25) is 18.2 Å². The lowest BCUT2D eigenvalue weighted by atomic mass is 10.1. The van der Waals surface area contributed by atoms with E-state index in [-0.39, 0.29) is 44.3 Å². The van der Waals surface area contributed by atoms with Crippen LogP contribution in [-0.4, -0.2) is 57.9 Å². The molecule has 0 saturated carbocycles. The lowest BCUT2D eigenvalue weighted by Gasteiger charge is -2.09. The number of hydrogen-bond donors (Lipinski definition) is 6. The van der Waals surface area contributed by atoms with Gasteiger partial charge in [0.2, 0.25) is 0 Å². The molecule has 0 fully saturated rings. The van der Waals surface area contributed by atoms with Crippen LogP contribution in [0.4, 0.5) is 38.9 Å². The maximum Gasteiger partial charge on any atom is 0.323 e. The first-order valence-electron chi connectivity index (χ1n) is 15.3. The quantitative estimate of drug-likeness (QED) is 0.0577. The zero-order valence-electron chi connectivity index (χ0n) is 27.8. The number of urea groups is 1.